The monoisotopic (exact) mass is 429 g/mol. The second kappa shape index (κ2) is 9.45. The summed E-state index contributed by atoms with van der Waals surface area (Å²) in [6.45, 7) is 0.0998. The van der Waals surface area contributed by atoms with Gasteiger partial charge in [-0.2, -0.15) is 0 Å². The van der Waals surface area contributed by atoms with Gasteiger partial charge in [-0.3, -0.25) is 4.79 Å². The van der Waals surface area contributed by atoms with Gasteiger partial charge in [-0.25, -0.2) is 4.79 Å². The first-order chi connectivity index (χ1) is 14.0. The molecule has 0 aromatic heterocycles. The van der Waals surface area contributed by atoms with Crippen LogP contribution in [0, 0.1) is 0 Å². The lowest BCUT2D eigenvalue weighted by Gasteiger charge is -2.16. The lowest BCUT2D eigenvalue weighted by Crippen LogP contribution is -2.15. The number of hydrogen-bond donors (Lipinski definition) is 1. The number of para-hydroxylation sites is 1. The van der Waals surface area contributed by atoms with Crippen molar-refractivity contribution in [3.63, 3.8) is 0 Å². The molecule has 0 atom stereocenters. The summed E-state index contributed by atoms with van der Waals surface area (Å²) >= 11 is 12.3. The maximum Gasteiger partial charge on any atom is 0.341 e. The van der Waals surface area contributed by atoms with Gasteiger partial charge in [0.25, 0.3) is 5.91 Å². The average Bonchev–Trinajstić information content (AvgIpc) is 2.73. The Hall–Kier alpha value is -3.02. The highest BCUT2D eigenvalue weighted by atomic mass is 35.5. The number of rotatable bonds is 6. The van der Waals surface area contributed by atoms with Gasteiger partial charge in [0, 0.05) is 10.6 Å². The zero-order valence-electron chi connectivity index (χ0n) is 15.4. The Labute approximate surface area is 178 Å². The van der Waals surface area contributed by atoms with Crippen molar-refractivity contribution < 1.29 is 19.1 Å². The highest BCUT2D eigenvalue weighted by Gasteiger charge is 2.20. The fraction of sp³-hybridized carbons (Fsp3) is 0.0909. The average molecular weight is 430 g/mol. The first-order valence-electron chi connectivity index (χ1n) is 8.64. The molecular formula is C22H17Cl2NO4. The van der Waals surface area contributed by atoms with E-state index >= 15 is 0 Å². The van der Waals surface area contributed by atoms with Gasteiger partial charge in [0.1, 0.15) is 12.2 Å². The largest absolute Gasteiger partial charge is 0.486 e. The van der Waals surface area contributed by atoms with Crippen LogP contribution in [0.25, 0.3) is 0 Å². The highest BCUT2D eigenvalue weighted by molar-refractivity contribution is 6.34. The predicted molar refractivity (Wildman–Crippen MR) is 113 cm³/mol. The van der Waals surface area contributed by atoms with Gasteiger partial charge in [-0.05, 0) is 30.3 Å². The molecule has 3 aromatic rings. The molecule has 3 aromatic carbocycles. The van der Waals surface area contributed by atoms with E-state index in [9.17, 15) is 9.59 Å². The summed E-state index contributed by atoms with van der Waals surface area (Å²) < 4.78 is 10.7. The summed E-state index contributed by atoms with van der Waals surface area (Å²) in [5, 5.41) is 3.59. The maximum atomic E-state index is 12.7. The van der Waals surface area contributed by atoms with Gasteiger partial charge < -0.3 is 14.8 Å². The SMILES string of the molecule is COC(=O)c1cccc(NC(=O)c2ccccc2Cl)c1OCc1ccccc1Cl. The molecular weight excluding hydrogens is 413 g/mol. The number of hydrogen-bond acceptors (Lipinski definition) is 4. The van der Waals surface area contributed by atoms with Gasteiger partial charge in [-0.1, -0.05) is 59.6 Å². The number of amides is 1. The third-order valence-electron chi connectivity index (χ3n) is 4.12. The van der Waals surface area contributed by atoms with Crippen LogP contribution in [0.2, 0.25) is 10.0 Å². The molecule has 1 N–H and O–H groups in total. The quantitative estimate of drug-likeness (QED) is 0.517. The van der Waals surface area contributed by atoms with E-state index < -0.39 is 11.9 Å². The van der Waals surface area contributed by atoms with E-state index in [-0.39, 0.29) is 17.9 Å². The fourth-order valence-corrected chi connectivity index (χ4v) is 3.07. The topological polar surface area (TPSA) is 64.6 Å². The van der Waals surface area contributed by atoms with Gasteiger partial charge in [0.2, 0.25) is 0 Å². The molecule has 0 radical (unpaired) electrons. The number of halogens is 2. The molecule has 7 heteroatoms. The number of methoxy groups -OCH3 is 1. The van der Waals surface area contributed by atoms with E-state index in [1.807, 2.05) is 18.2 Å². The smallest absolute Gasteiger partial charge is 0.341 e. The molecule has 0 aliphatic carbocycles. The van der Waals surface area contributed by atoms with Crippen molar-refractivity contribution in [3.8, 4) is 5.75 Å². The van der Waals surface area contributed by atoms with Crippen LogP contribution >= 0.6 is 23.2 Å². The van der Waals surface area contributed by atoms with Crippen molar-refractivity contribution in [1.29, 1.82) is 0 Å². The maximum absolute atomic E-state index is 12.7. The molecule has 0 saturated heterocycles. The number of nitrogens with one attached hydrogen (secondary N) is 1. The molecule has 29 heavy (non-hydrogen) atoms. The first kappa shape index (κ1) is 20.7. The van der Waals surface area contributed by atoms with Crippen molar-refractivity contribution in [2.45, 2.75) is 6.61 Å². The van der Waals surface area contributed by atoms with Crippen LogP contribution in [0.1, 0.15) is 26.3 Å². The number of carbonyl (C=O) groups excluding carboxylic acids is 2. The highest BCUT2D eigenvalue weighted by Crippen LogP contribution is 2.32. The first-order valence-corrected chi connectivity index (χ1v) is 9.40. The Balaban J connectivity index is 1.94. The van der Waals surface area contributed by atoms with E-state index in [0.717, 1.165) is 5.56 Å². The van der Waals surface area contributed by atoms with Crippen molar-refractivity contribution >= 4 is 40.8 Å². The summed E-state index contributed by atoms with van der Waals surface area (Å²) in [6.07, 6.45) is 0. The van der Waals surface area contributed by atoms with Crippen LogP contribution in [-0.2, 0) is 11.3 Å². The summed E-state index contributed by atoms with van der Waals surface area (Å²) in [6, 6.07) is 18.7. The molecule has 0 heterocycles. The summed E-state index contributed by atoms with van der Waals surface area (Å²) in [5.41, 5.74) is 1.52. The van der Waals surface area contributed by atoms with Crippen LogP contribution in [0.15, 0.2) is 66.7 Å². The van der Waals surface area contributed by atoms with Gasteiger partial charge in [0.05, 0.1) is 23.4 Å². The minimum absolute atomic E-state index is 0.0998. The molecule has 0 aliphatic heterocycles. The number of benzene rings is 3. The molecule has 1 amide bonds. The molecule has 5 nitrogen and oxygen atoms in total. The van der Waals surface area contributed by atoms with Crippen molar-refractivity contribution in [2.24, 2.45) is 0 Å². The molecule has 0 spiro atoms. The Morgan fingerprint density at radius 1 is 0.862 bits per heavy atom. The van der Waals surface area contributed by atoms with Crippen molar-refractivity contribution in [3.05, 3.63) is 93.5 Å². The third kappa shape index (κ3) is 4.88. The Bertz CT molecular complexity index is 1050. The normalized spacial score (nSPS) is 10.3. The van der Waals surface area contributed by atoms with Crippen molar-refractivity contribution in [1.82, 2.24) is 0 Å². The van der Waals surface area contributed by atoms with Crippen LogP contribution in [-0.4, -0.2) is 19.0 Å². The molecule has 0 aliphatic rings. The lowest BCUT2D eigenvalue weighted by molar-refractivity contribution is 0.0595. The van der Waals surface area contributed by atoms with Crippen molar-refractivity contribution in [2.75, 3.05) is 12.4 Å². The van der Waals surface area contributed by atoms with E-state index in [1.54, 1.807) is 48.5 Å². The number of ether oxygens (including phenoxy) is 2. The Kier molecular flexibility index (Phi) is 6.75. The van der Waals surface area contributed by atoms with Gasteiger partial charge in [-0.15, -0.1) is 0 Å². The van der Waals surface area contributed by atoms with Crippen LogP contribution in [0.4, 0.5) is 5.69 Å². The second-order valence-corrected chi connectivity index (χ2v) is 6.80. The Morgan fingerprint density at radius 3 is 2.21 bits per heavy atom. The second-order valence-electron chi connectivity index (χ2n) is 5.99. The van der Waals surface area contributed by atoms with E-state index in [4.69, 9.17) is 32.7 Å². The summed E-state index contributed by atoms with van der Waals surface area (Å²) in [4.78, 5) is 24.9. The predicted octanol–water partition coefficient (Wildman–Crippen LogP) is 5.61. The van der Waals surface area contributed by atoms with Gasteiger partial charge >= 0.3 is 5.97 Å². The minimum atomic E-state index is -0.590. The minimum Gasteiger partial charge on any atom is -0.486 e. The number of esters is 1. The zero-order chi connectivity index (χ0) is 20.8. The van der Waals surface area contributed by atoms with Crippen LogP contribution < -0.4 is 10.1 Å². The summed E-state index contributed by atoms with van der Waals surface area (Å²) in [5.74, 6) is -0.840. The molecule has 3 rings (SSSR count). The van der Waals surface area contributed by atoms with E-state index in [1.165, 1.54) is 7.11 Å². The van der Waals surface area contributed by atoms with E-state index in [0.29, 0.717) is 21.3 Å². The standard InChI is InChI=1S/C22H17Cl2NO4/c1-28-22(27)16-9-6-12-19(25-21(26)15-8-3-5-11-18(15)24)20(16)29-13-14-7-2-4-10-17(14)23/h2-12H,13H2,1H3,(H,25,26). The Morgan fingerprint density at radius 2 is 1.52 bits per heavy atom. The summed E-state index contributed by atoms with van der Waals surface area (Å²) in [7, 11) is 1.27. The molecule has 0 saturated carbocycles. The fourth-order valence-electron chi connectivity index (χ4n) is 2.66. The number of carbonyl (C=O) groups is 2. The molecule has 0 fully saturated rings. The molecule has 0 bridgehead atoms. The van der Waals surface area contributed by atoms with Crippen LogP contribution in [0.5, 0.6) is 5.75 Å². The molecule has 148 valence electrons. The third-order valence-corrected chi connectivity index (χ3v) is 4.82. The van der Waals surface area contributed by atoms with Gasteiger partial charge in [0.15, 0.2) is 5.75 Å². The molecule has 0 unspecified atom stereocenters. The van der Waals surface area contributed by atoms with E-state index in [2.05, 4.69) is 5.32 Å². The zero-order valence-corrected chi connectivity index (χ0v) is 17.0. The number of anilines is 1. The van der Waals surface area contributed by atoms with Crippen LogP contribution in [0.3, 0.4) is 0 Å². The lowest BCUT2D eigenvalue weighted by atomic mass is 10.1.